The number of alkyl halides is 3. The van der Waals surface area contributed by atoms with Gasteiger partial charge in [0.15, 0.2) is 0 Å². The van der Waals surface area contributed by atoms with E-state index in [2.05, 4.69) is 4.90 Å². The zero-order valence-corrected chi connectivity index (χ0v) is 14.8. The first-order chi connectivity index (χ1) is 12.3. The van der Waals surface area contributed by atoms with Crippen molar-refractivity contribution in [3.05, 3.63) is 64.7 Å². The molecule has 1 saturated heterocycles. The van der Waals surface area contributed by atoms with E-state index in [-0.39, 0.29) is 0 Å². The topological polar surface area (TPSA) is 26.7 Å². The van der Waals surface area contributed by atoms with Gasteiger partial charge in [0.25, 0.3) is 0 Å². The molecule has 0 amide bonds. The van der Waals surface area contributed by atoms with Crippen LogP contribution in [0.4, 0.5) is 18.9 Å². The first-order valence-electron chi connectivity index (χ1n) is 8.41. The summed E-state index contributed by atoms with van der Waals surface area (Å²) >= 11 is 5.85. The van der Waals surface area contributed by atoms with Crippen LogP contribution in [-0.2, 0) is 6.18 Å². The van der Waals surface area contributed by atoms with Crippen LogP contribution in [0.3, 0.4) is 0 Å². The van der Waals surface area contributed by atoms with Gasteiger partial charge in [-0.2, -0.15) is 13.2 Å². The van der Waals surface area contributed by atoms with Crippen molar-refractivity contribution < 1.29 is 18.3 Å². The monoisotopic (exact) mass is 384 g/mol. The number of anilines is 1. The van der Waals surface area contributed by atoms with E-state index in [0.717, 1.165) is 11.6 Å². The predicted molar refractivity (Wildman–Crippen MR) is 96.5 cm³/mol. The van der Waals surface area contributed by atoms with Gasteiger partial charge in [0, 0.05) is 43.4 Å². The third kappa shape index (κ3) is 4.69. The lowest BCUT2D eigenvalue weighted by molar-refractivity contribution is -0.137. The summed E-state index contributed by atoms with van der Waals surface area (Å²) in [5.74, 6) is 0. The van der Waals surface area contributed by atoms with Gasteiger partial charge in [-0.15, -0.1) is 0 Å². The highest BCUT2D eigenvalue weighted by Crippen LogP contribution is 2.32. The average molecular weight is 385 g/mol. The molecule has 0 aromatic heterocycles. The Morgan fingerprint density at radius 2 is 1.65 bits per heavy atom. The maximum absolute atomic E-state index is 12.9. The Morgan fingerprint density at radius 3 is 2.27 bits per heavy atom. The largest absolute Gasteiger partial charge is 0.416 e. The molecule has 26 heavy (non-hydrogen) atoms. The van der Waals surface area contributed by atoms with Crippen LogP contribution < -0.4 is 4.90 Å². The van der Waals surface area contributed by atoms with E-state index in [4.69, 9.17) is 11.6 Å². The molecule has 1 heterocycles. The highest BCUT2D eigenvalue weighted by molar-refractivity contribution is 6.30. The van der Waals surface area contributed by atoms with Crippen LogP contribution in [0, 0.1) is 0 Å². The minimum atomic E-state index is -4.33. The maximum atomic E-state index is 12.9. The highest BCUT2D eigenvalue weighted by atomic mass is 35.5. The summed E-state index contributed by atoms with van der Waals surface area (Å²) in [6.45, 7) is 3.09. The predicted octanol–water partition coefficient (Wildman–Crippen LogP) is 4.21. The van der Waals surface area contributed by atoms with E-state index < -0.39 is 17.8 Å². The van der Waals surface area contributed by atoms with Crippen LogP contribution >= 0.6 is 11.6 Å². The number of hydrogen-bond donors (Lipinski definition) is 1. The molecule has 0 spiro atoms. The Hall–Kier alpha value is -1.76. The summed E-state index contributed by atoms with van der Waals surface area (Å²) in [4.78, 5) is 4.06. The fourth-order valence-electron chi connectivity index (χ4n) is 3.10. The average Bonchev–Trinajstić information content (AvgIpc) is 2.62. The van der Waals surface area contributed by atoms with Crippen molar-refractivity contribution >= 4 is 17.3 Å². The highest BCUT2D eigenvalue weighted by Gasteiger charge is 2.31. The van der Waals surface area contributed by atoms with Crippen LogP contribution in [0.25, 0.3) is 0 Å². The van der Waals surface area contributed by atoms with Crippen LogP contribution in [0.2, 0.25) is 5.02 Å². The molecule has 3 nitrogen and oxygen atoms in total. The molecule has 2 aromatic carbocycles. The van der Waals surface area contributed by atoms with Crippen molar-refractivity contribution in [1.82, 2.24) is 4.90 Å². The van der Waals surface area contributed by atoms with E-state index in [1.165, 1.54) is 12.1 Å². The van der Waals surface area contributed by atoms with E-state index >= 15 is 0 Å². The van der Waals surface area contributed by atoms with Crippen LogP contribution in [0.1, 0.15) is 17.2 Å². The molecule has 0 unspecified atom stereocenters. The quantitative estimate of drug-likeness (QED) is 0.855. The second-order valence-corrected chi connectivity index (χ2v) is 6.84. The van der Waals surface area contributed by atoms with Gasteiger partial charge < -0.3 is 10.0 Å². The number of nitrogens with zero attached hydrogens (tertiary/aromatic N) is 2. The Bertz CT molecular complexity index is 728. The van der Waals surface area contributed by atoms with Gasteiger partial charge in [-0.25, -0.2) is 0 Å². The van der Waals surface area contributed by atoms with Crippen molar-refractivity contribution in [2.75, 3.05) is 37.6 Å². The second kappa shape index (κ2) is 7.86. The van der Waals surface area contributed by atoms with E-state index in [1.54, 1.807) is 30.3 Å². The van der Waals surface area contributed by atoms with Crippen molar-refractivity contribution in [3.8, 4) is 0 Å². The summed E-state index contributed by atoms with van der Waals surface area (Å²) < 4.78 is 38.6. The summed E-state index contributed by atoms with van der Waals surface area (Å²) in [7, 11) is 0. The number of rotatable bonds is 4. The smallest absolute Gasteiger partial charge is 0.387 e. The number of aliphatic hydroxyl groups is 1. The molecule has 2 aromatic rings. The minimum Gasteiger partial charge on any atom is -0.387 e. The maximum Gasteiger partial charge on any atom is 0.416 e. The molecule has 3 rings (SSSR count). The summed E-state index contributed by atoms with van der Waals surface area (Å²) in [6.07, 6.45) is -4.95. The van der Waals surface area contributed by atoms with Crippen LogP contribution in [-0.4, -0.2) is 42.7 Å². The molecule has 0 aliphatic carbocycles. The fraction of sp³-hybridized carbons (Fsp3) is 0.368. The Labute approximate surface area is 155 Å². The first kappa shape index (κ1) is 19.0. The molecule has 140 valence electrons. The van der Waals surface area contributed by atoms with E-state index in [0.29, 0.717) is 43.4 Å². The van der Waals surface area contributed by atoms with Gasteiger partial charge >= 0.3 is 6.18 Å². The van der Waals surface area contributed by atoms with Gasteiger partial charge in [-0.1, -0.05) is 29.8 Å². The van der Waals surface area contributed by atoms with Gasteiger partial charge in [-0.05, 0) is 35.9 Å². The Balaban J connectivity index is 1.57. The van der Waals surface area contributed by atoms with Crippen LogP contribution in [0.15, 0.2) is 48.5 Å². The van der Waals surface area contributed by atoms with Gasteiger partial charge in [0.05, 0.1) is 11.7 Å². The molecular weight excluding hydrogens is 365 g/mol. The third-order valence-corrected chi connectivity index (χ3v) is 4.85. The number of aliphatic hydroxyl groups excluding tert-OH is 1. The van der Waals surface area contributed by atoms with Crippen molar-refractivity contribution in [2.45, 2.75) is 12.3 Å². The normalized spacial score (nSPS) is 17.3. The number of benzene rings is 2. The molecule has 1 atom stereocenters. The molecule has 7 heteroatoms. The lowest BCUT2D eigenvalue weighted by atomic mass is 10.1. The molecular formula is C19H20ClF3N2O. The zero-order valence-electron chi connectivity index (χ0n) is 14.1. The molecule has 1 fully saturated rings. The van der Waals surface area contributed by atoms with Gasteiger partial charge in [-0.3, -0.25) is 4.90 Å². The summed E-state index contributed by atoms with van der Waals surface area (Å²) in [6, 6.07) is 12.5. The minimum absolute atomic E-state index is 0.484. The second-order valence-electron chi connectivity index (χ2n) is 6.40. The summed E-state index contributed by atoms with van der Waals surface area (Å²) in [5, 5.41) is 11.0. The van der Waals surface area contributed by atoms with E-state index in [9.17, 15) is 18.3 Å². The number of hydrogen-bond acceptors (Lipinski definition) is 3. The standard InChI is InChI=1S/C19H20ClF3N2O/c20-16-6-4-14(5-7-16)18(26)13-24-8-10-25(11-9-24)17-3-1-2-15(12-17)19(21,22)23/h1-7,12,18,26H,8-11,13H2/t18-/m0/s1. The Kier molecular flexibility index (Phi) is 5.75. The van der Waals surface area contributed by atoms with E-state index in [1.807, 2.05) is 4.90 Å². The number of piperazine rings is 1. The molecule has 1 aliphatic rings. The summed E-state index contributed by atoms with van der Waals surface area (Å²) in [5.41, 5.74) is 0.753. The fourth-order valence-corrected chi connectivity index (χ4v) is 3.23. The molecule has 1 N–H and O–H groups in total. The van der Waals surface area contributed by atoms with Gasteiger partial charge in [0.1, 0.15) is 0 Å². The number of β-amino-alcohol motifs (C(OH)–C–C–N with tert-alkyl or cyclic N) is 1. The number of halogens is 4. The van der Waals surface area contributed by atoms with Gasteiger partial charge in [0.2, 0.25) is 0 Å². The molecule has 0 bridgehead atoms. The van der Waals surface area contributed by atoms with Crippen molar-refractivity contribution in [1.29, 1.82) is 0 Å². The third-order valence-electron chi connectivity index (χ3n) is 4.60. The van der Waals surface area contributed by atoms with Crippen LogP contribution in [0.5, 0.6) is 0 Å². The van der Waals surface area contributed by atoms with Crippen molar-refractivity contribution in [2.24, 2.45) is 0 Å². The molecule has 0 radical (unpaired) electrons. The van der Waals surface area contributed by atoms with Crippen molar-refractivity contribution in [3.63, 3.8) is 0 Å². The Morgan fingerprint density at radius 1 is 1.00 bits per heavy atom. The molecule has 1 aliphatic heterocycles. The zero-order chi connectivity index (χ0) is 18.7. The lowest BCUT2D eigenvalue weighted by Gasteiger charge is -2.37. The first-order valence-corrected chi connectivity index (χ1v) is 8.79. The SMILES string of the molecule is O[C@@H](CN1CCN(c2cccc(C(F)(F)F)c2)CC1)c1ccc(Cl)cc1. The molecule has 0 saturated carbocycles. The lowest BCUT2D eigenvalue weighted by Crippen LogP contribution is -2.47.